The van der Waals surface area contributed by atoms with Crippen LogP contribution in [0.1, 0.15) is 47.1 Å². The van der Waals surface area contributed by atoms with Crippen LogP contribution in [-0.2, 0) is 33.0 Å². The van der Waals surface area contributed by atoms with E-state index in [4.69, 9.17) is 4.74 Å². The zero-order valence-corrected chi connectivity index (χ0v) is 20.6. The van der Waals surface area contributed by atoms with Gasteiger partial charge in [-0.2, -0.15) is 0 Å². The van der Waals surface area contributed by atoms with Crippen LogP contribution >= 0.6 is 0 Å². The lowest BCUT2D eigenvalue weighted by Gasteiger charge is -2.32. The van der Waals surface area contributed by atoms with E-state index in [2.05, 4.69) is 16.9 Å². The third-order valence-corrected chi connectivity index (χ3v) is 7.98. The molecule has 0 spiro atoms. The molecule has 1 fully saturated rings. The van der Waals surface area contributed by atoms with Crippen LogP contribution in [0.5, 0.6) is 0 Å². The fourth-order valence-corrected chi connectivity index (χ4v) is 5.85. The molecule has 1 amide bonds. The van der Waals surface area contributed by atoms with Crippen molar-refractivity contribution in [2.45, 2.75) is 44.9 Å². The highest BCUT2D eigenvalue weighted by atomic mass is 32.2. The van der Waals surface area contributed by atoms with Gasteiger partial charge in [0.25, 0.3) is 0 Å². The van der Waals surface area contributed by atoms with E-state index in [9.17, 15) is 18.0 Å². The monoisotopic (exact) mass is 475 g/mol. The summed E-state index contributed by atoms with van der Waals surface area (Å²) < 4.78 is 35.3. The lowest BCUT2D eigenvalue weighted by atomic mass is 9.90. The molecule has 0 atom stereocenters. The second kappa shape index (κ2) is 10.5. The van der Waals surface area contributed by atoms with E-state index >= 15 is 0 Å². The summed E-state index contributed by atoms with van der Waals surface area (Å²) in [6.07, 6.45) is 2.76. The van der Waals surface area contributed by atoms with Crippen molar-refractivity contribution in [1.29, 1.82) is 0 Å². The number of likely N-dealkylation sites (tertiary alicyclic amines) is 1. The number of nitrogens with one attached hydrogen (secondary N) is 1. The van der Waals surface area contributed by atoms with Crippen LogP contribution in [0.25, 0.3) is 0 Å². The van der Waals surface area contributed by atoms with E-state index in [1.165, 1.54) is 5.56 Å². The van der Waals surface area contributed by atoms with Crippen molar-refractivity contribution in [3.63, 3.8) is 0 Å². The highest BCUT2D eigenvalue weighted by molar-refractivity contribution is 7.89. The van der Waals surface area contributed by atoms with E-state index in [-0.39, 0.29) is 29.5 Å². The van der Waals surface area contributed by atoms with Crippen LogP contribution in [0.3, 0.4) is 0 Å². The summed E-state index contributed by atoms with van der Waals surface area (Å²) in [4.78, 5) is 26.7. The van der Waals surface area contributed by atoms with Crippen molar-refractivity contribution < 1.29 is 22.7 Å². The molecule has 0 saturated carbocycles. The summed E-state index contributed by atoms with van der Waals surface area (Å²) in [5, 5.41) is 0. The first-order chi connectivity index (χ1) is 15.7. The lowest BCUT2D eigenvalue weighted by molar-refractivity contribution is -0.131. The molecule has 1 aromatic heterocycles. The summed E-state index contributed by atoms with van der Waals surface area (Å²) in [5.74, 6) is -0.444. The number of nitrogens with zero attached hydrogens (tertiary/aromatic N) is 2. The van der Waals surface area contributed by atoms with E-state index in [0.29, 0.717) is 30.4 Å². The first kappa shape index (κ1) is 25.0. The van der Waals surface area contributed by atoms with E-state index in [1.807, 2.05) is 18.2 Å². The van der Waals surface area contributed by atoms with Gasteiger partial charge in [-0.1, -0.05) is 30.3 Å². The van der Waals surface area contributed by atoms with Gasteiger partial charge in [0.1, 0.15) is 10.5 Å². The van der Waals surface area contributed by atoms with Gasteiger partial charge in [-0.3, -0.25) is 4.79 Å². The standard InChI is InChI=1S/C24H33N3O5S/c1-5-32-24(29)22-17(2)26(4)18(3)23(22)33(30,31)25-16-21(28)27-13-11-20(12-14-27)15-19-9-7-6-8-10-19/h6-10,20,25H,5,11-16H2,1-4H3. The maximum atomic E-state index is 13.1. The summed E-state index contributed by atoms with van der Waals surface area (Å²) >= 11 is 0. The summed E-state index contributed by atoms with van der Waals surface area (Å²) in [6.45, 7) is 5.97. The van der Waals surface area contributed by atoms with Crippen LogP contribution in [0.15, 0.2) is 35.2 Å². The molecular weight excluding hydrogens is 442 g/mol. The average Bonchev–Trinajstić information content (AvgIpc) is 3.03. The number of hydrogen-bond donors (Lipinski definition) is 1. The van der Waals surface area contributed by atoms with Crippen molar-refractivity contribution in [1.82, 2.24) is 14.2 Å². The van der Waals surface area contributed by atoms with Crippen LogP contribution in [0, 0.1) is 19.8 Å². The number of rotatable bonds is 8. The van der Waals surface area contributed by atoms with E-state index in [0.717, 1.165) is 19.3 Å². The van der Waals surface area contributed by atoms with Crippen molar-refractivity contribution >= 4 is 21.9 Å². The second-order valence-electron chi connectivity index (χ2n) is 8.49. The third-order valence-electron chi connectivity index (χ3n) is 6.42. The Hall–Kier alpha value is -2.65. The molecule has 3 rings (SSSR count). The smallest absolute Gasteiger partial charge is 0.341 e. The molecule has 0 aliphatic carbocycles. The fraction of sp³-hybridized carbons (Fsp3) is 0.500. The summed E-state index contributed by atoms with van der Waals surface area (Å²) in [7, 11) is -2.40. The number of benzene rings is 1. The van der Waals surface area contributed by atoms with Crippen LogP contribution in [0.4, 0.5) is 0 Å². The largest absolute Gasteiger partial charge is 0.462 e. The highest BCUT2D eigenvalue weighted by Gasteiger charge is 2.32. The number of carbonyl (C=O) groups excluding carboxylic acids is 2. The van der Waals surface area contributed by atoms with Gasteiger partial charge in [0.15, 0.2) is 0 Å². The Balaban J connectivity index is 1.63. The number of esters is 1. The van der Waals surface area contributed by atoms with E-state index in [1.54, 1.807) is 37.3 Å². The minimum Gasteiger partial charge on any atom is -0.462 e. The van der Waals surface area contributed by atoms with Gasteiger partial charge in [-0.25, -0.2) is 17.9 Å². The first-order valence-electron chi connectivity index (χ1n) is 11.3. The van der Waals surface area contributed by atoms with Crippen molar-refractivity contribution in [3.05, 3.63) is 52.8 Å². The Bertz CT molecular complexity index is 1100. The minimum atomic E-state index is -4.09. The Labute approximate surface area is 196 Å². The van der Waals surface area contributed by atoms with Crippen molar-refractivity contribution in [2.75, 3.05) is 26.2 Å². The molecule has 8 nitrogen and oxygen atoms in total. The fourth-order valence-electron chi connectivity index (χ4n) is 4.36. The summed E-state index contributed by atoms with van der Waals surface area (Å²) in [6, 6.07) is 10.3. The second-order valence-corrected chi connectivity index (χ2v) is 10.2. The van der Waals surface area contributed by atoms with Gasteiger partial charge in [-0.15, -0.1) is 0 Å². The van der Waals surface area contributed by atoms with Gasteiger partial charge < -0.3 is 14.2 Å². The molecule has 0 radical (unpaired) electrons. The number of sulfonamides is 1. The van der Waals surface area contributed by atoms with Crippen LogP contribution in [0.2, 0.25) is 0 Å². The molecule has 1 saturated heterocycles. The Morgan fingerprint density at radius 2 is 1.73 bits per heavy atom. The molecule has 2 aromatic rings. The molecule has 9 heteroatoms. The predicted molar refractivity (Wildman–Crippen MR) is 125 cm³/mol. The van der Waals surface area contributed by atoms with Crippen LogP contribution in [-0.4, -0.2) is 56.0 Å². The van der Waals surface area contributed by atoms with Gasteiger partial charge in [-0.05, 0) is 51.5 Å². The zero-order valence-electron chi connectivity index (χ0n) is 19.8. The molecule has 33 heavy (non-hydrogen) atoms. The maximum Gasteiger partial charge on any atom is 0.341 e. The molecule has 180 valence electrons. The quantitative estimate of drug-likeness (QED) is 0.592. The normalized spacial score (nSPS) is 15.0. The zero-order chi connectivity index (χ0) is 24.2. The number of ether oxygens (including phenoxy) is 1. The van der Waals surface area contributed by atoms with Gasteiger partial charge in [0, 0.05) is 31.5 Å². The van der Waals surface area contributed by atoms with E-state index < -0.39 is 16.0 Å². The predicted octanol–water partition coefficient (Wildman–Crippen LogP) is 2.58. The molecule has 0 unspecified atom stereocenters. The number of hydrogen-bond acceptors (Lipinski definition) is 5. The van der Waals surface area contributed by atoms with Crippen LogP contribution < -0.4 is 4.72 Å². The minimum absolute atomic E-state index is 0.0125. The van der Waals surface area contributed by atoms with Crippen molar-refractivity contribution in [3.8, 4) is 0 Å². The van der Waals surface area contributed by atoms with Gasteiger partial charge >= 0.3 is 5.97 Å². The van der Waals surface area contributed by atoms with Crippen molar-refractivity contribution in [2.24, 2.45) is 13.0 Å². The SMILES string of the molecule is CCOC(=O)c1c(S(=O)(=O)NCC(=O)N2CCC(Cc3ccccc3)CC2)c(C)n(C)c1C. The molecule has 0 bridgehead atoms. The maximum absolute atomic E-state index is 13.1. The molecule has 1 aromatic carbocycles. The third kappa shape index (κ3) is 5.65. The lowest BCUT2D eigenvalue weighted by Crippen LogP contribution is -2.44. The van der Waals surface area contributed by atoms with Gasteiger partial charge in [0.05, 0.1) is 13.2 Å². The molecular formula is C24H33N3O5S. The molecule has 1 aliphatic heterocycles. The molecule has 1 aliphatic rings. The average molecular weight is 476 g/mol. The number of carbonyl (C=O) groups is 2. The van der Waals surface area contributed by atoms with Gasteiger partial charge in [0.2, 0.25) is 15.9 Å². The number of piperidine rings is 1. The first-order valence-corrected chi connectivity index (χ1v) is 12.8. The number of amides is 1. The Morgan fingerprint density at radius 1 is 1.09 bits per heavy atom. The topological polar surface area (TPSA) is 97.7 Å². The number of aromatic nitrogens is 1. The highest BCUT2D eigenvalue weighted by Crippen LogP contribution is 2.27. The molecule has 2 heterocycles. The summed E-state index contributed by atoms with van der Waals surface area (Å²) in [5.41, 5.74) is 2.22. The Morgan fingerprint density at radius 3 is 2.33 bits per heavy atom. The molecule has 1 N–H and O–H groups in total. The Kier molecular flexibility index (Phi) is 7.97.